The van der Waals surface area contributed by atoms with Crippen LogP contribution in [0, 0.1) is 0 Å². The molecule has 0 aliphatic carbocycles. The van der Waals surface area contributed by atoms with Gasteiger partial charge in [0.15, 0.2) is 10.9 Å². The van der Waals surface area contributed by atoms with Crippen molar-refractivity contribution < 1.29 is 9.59 Å². The van der Waals surface area contributed by atoms with Crippen LogP contribution in [0.5, 0.6) is 0 Å². The normalized spacial score (nSPS) is 10.8. The van der Waals surface area contributed by atoms with Crippen LogP contribution < -0.4 is 0 Å². The molecule has 4 heteroatoms. The zero-order valence-corrected chi connectivity index (χ0v) is 12.0. The molecule has 1 rings (SSSR count). The van der Waals surface area contributed by atoms with E-state index in [2.05, 4.69) is 0 Å². The molecule has 1 aromatic carbocycles. The standard InChI is InChI=1S/C14H15ClO2S/c1-10(16)13-9-12(6-7-14(13)15)5-3-4-8-18-11(2)17/h3,5-7,9H,4,8H2,1-2H3. The molecule has 0 aromatic heterocycles. The molecule has 0 aliphatic heterocycles. The van der Waals surface area contributed by atoms with Gasteiger partial charge in [-0.3, -0.25) is 9.59 Å². The van der Waals surface area contributed by atoms with Crippen LogP contribution in [-0.2, 0) is 4.79 Å². The SMILES string of the molecule is CC(=O)SCCC=Cc1ccc(Cl)c(C(C)=O)c1. The molecule has 0 saturated heterocycles. The first kappa shape index (κ1) is 15.0. The minimum atomic E-state index is -0.0395. The largest absolute Gasteiger partial charge is 0.294 e. The van der Waals surface area contributed by atoms with E-state index in [0.717, 1.165) is 17.7 Å². The number of ketones is 1. The molecule has 2 nitrogen and oxygen atoms in total. The van der Waals surface area contributed by atoms with Crippen molar-refractivity contribution in [3.63, 3.8) is 0 Å². The predicted octanol–water partition coefficient (Wildman–Crippen LogP) is 4.23. The highest BCUT2D eigenvalue weighted by Crippen LogP contribution is 2.19. The molecule has 0 spiro atoms. The minimum Gasteiger partial charge on any atom is -0.294 e. The number of hydrogen-bond donors (Lipinski definition) is 0. The van der Waals surface area contributed by atoms with Crippen LogP contribution in [-0.4, -0.2) is 16.7 Å². The third-order valence-corrected chi connectivity index (χ3v) is 3.45. The van der Waals surface area contributed by atoms with Crippen molar-refractivity contribution in [1.29, 1.82) is 0 Å². The average molecular weight is 283 g/mol. The molecule has 0 fully saturated rings. The van der Waals surface area contributed by atoms with Crippen molar-refractivity contribution in [2.75, 3.05) is 5.75 Å². The van der Waals surface area contributed by atoms with E-state index in [4.69, 9.17) is 11.6 Å². The first-order valence-electron chi connectivity index (χ1n) is 5.61. The summed E-state index contributed by atoms with van der Waals surface area (Å²) in [6.45, 7) is 3.06. The first-order valence-corrected chi connectivity index (χ1v) is 6.97. The van der Waals surface area contributed by atoms with Crippen molar-refractivity contribution in [2.45, 2.75) is 20.3 Å². The molecule has 0 saturated carbocycles. The molecule has 0 atom stereocenters. The number of halogens is 1. The van der Waals surface area contributed by atoms with Crippen molar-refractivity contribution in [2.24, 2.45) is 0 Å². The number of Topliss-reactive ketones (excluding diaryl/α,β-unsaturated/α-hetero) is 1. The summed E-state index contributed by atoms with van der Waals surface area (Å²) in [5, 5.41) is 0.612. The van der Waals surface area contributed by atoms with Crippen molar-refractivity contribution in [3.05, 3.63) is 40.4 Å². The maximum Gasteiger partial charge on any atom is 0.185 e. The Balaban J connectivity index is 2.62. The summed E-state index contributed by atoms with van der Waals surface area (Å²) in [4.78, 5) is 22.0. The fourth-order valence-corrected chi connectivity index (χ4v) is 2.20. The highest BCUT2D eigenvalue weighted by Gasteiger charge is 2.05. The van der Waals surface area contributed by atoms with Gasteiger partial charge >= 0.3 is 0 Å². The van der Waals surface area contributed by atoms with Crippen LogP contribution in [0.15, 0.2) is 24.3 Å². The number of benzene rings is 1. The Morgan fingerprint density at radius 3 is 2.67 bits per heavy atom. The highest BCUT2D eigenvalue weighted by atomic mass is 35.5. The van der Waals surface area contributed by atoms with Crippen molar-refractivity contribution >= 4 is 40.3 Å². The molecule has 0 N–H and O–H groups in total. The Bertz CT molecular complexity index is 481. The number of carbonyl (C=O) groups excluding carboxylic acids is 2. The molecule has 0 aliphatic rings. The number of rotatable bonds is 5. The zero-order chi connectivity index (χ0) is 13.5. The number of carbonyl (C=O) groups is 2. The van der Waals surface area contributed by atoms with Gasteiger partial charge in [0.1, 0.15) is 0 Å². The summed E-state index contributed by atoms with van der Waals surface area (Å²) in [6.07, 6.45) is 4.74. The van der Waals surface area contributed by atoms with Crippen LogP contribution in [0.25, 0.3) is 6.08 Å². The van der Waals surface area contributed by atoms with Gasteiger partial charge < -0.3 is 0 Å². The maximum atomic E-state index is 11.3. The van der Waals surface area contributed by atoms with Crippen LogP contribution in [0.3, 0.4) is 0 Å². The Hall–Kier alpha value is -1.06. The summed E-state index contributed by atoms with van der Waals surface area (Å²) >= 11 is 7.24. The Labute approximate surface area is 116 Å². The Morgan fingerprint density at radius 2 is 2.06 bits per heavy atom. The van der Waals surface area contributed by atoms with E-state index in [0.29, 0.717) is 10.6 Å². The van der Waals surface area contributed by atoms with Gasteiger partial charge in [-0.2, -0.15) is 0 Å². The third-order valence-electron chi connectivity index (χ3n) is 2.27. The van der Waals surface area contributed by atoms with Crippen LogP contribution in [0.4, 0.5) is 0 Å². The van der Waals surface area contributed by atoms with E-state index < -0.39 is 0 Å². The van der Waals surface area contributed by atoms with Gasteiger partial charge in [-0.1, -0.05) is 41.6 Å². The topological polar surface area (TPSA) is 34.1 Å². The summed E-state index contributed by atoms with van der Waals surface area (Å²) in [6, 6.07) is 5.37. The molecule has 0 bridgehead atoms. The van der Waals surface area contributed by atoms with Gasteiger partial charge in [0.05, 0.1) is 5.02 Å². The summed E-state index contributed by atoms with van der Waals surface area (Å²) < 4.78 is 0. The van der Waals surface area contributed by atoms with Gasteiger partial charge in [0.2, 0.25) is 0 Å². The fourth-order valence-electron chi connectivity index (χ4n) is 1.41. The van der Waals surface area contributed by atoms with Gasteiger partial charge in [-0.15, -0.1) is 0 Å². The molecule has 0 radical (unpaired) electrons. The van der Waals surface area contributed by atoms with E-state index in [1.807, 2.05) is 18.2 Å². The van der Waals surface area contributed by atoms with Crippen molar-refractivity contribution in [3.8, 4) is 0 Å². The lowest BCUT2D eigenvalue weighted by Gasteiger charge is -2.01. The molecule has 96 valence electrons. The fraction of sp³-hybridized carbons (Fsp3) is 0.286. The third kappa shape index (κ3) is 5.07. The Kier molecular flexibility index (Phi) is 6.16. The maximum absolute atomic E-state index is 11.3. The lowest BCUT2D eigenvalue weighted by molar-refractivity contribution is -0.109. The molecular formula is C14H15ClO2S. The minimum absolute atomic E-state index is 0.0395. The number of hydrogen-bond acceptors (Lipinski definition) is 3. The second-order valence-corrected chi connectivity index (χ2v) is 5.51. The Morgan fingerprint density at radius 1 is 1.33 bits per heavy atom. The lowest BCUT2D eigenvalue weighted by Crippen LogP contribution is -1.93. The van der Waals surface area contributed by atoms with Gasteiger partial charge in [-0.05, 0) is 31.0 Å². The summed E-state index contributed by atoms with van der Waals surface area (Å²) in [5.74, 6) is 0.737. The van der Waals surface area contributed by atoms with Crippen molar-refractivity contribution in [1.82, 2.24) is 0 Å². The quantitative estimate of drug-likeness (QED) is 0.599. The van der Waals surface area contributed by atoms with Gasteiger partial charge in [-0.25, -0.2) is 0 Å². The smallest absolute Gasteiger partial charge is 0.185 e. The second kappa shape index (κ2) is 7.39. The van der Waals surface area contributed by atoms with Crippen LogP contribution >= 0.6 is 23.4 Å². The summed E-state index contributed by atoms with van der Waals surface area (Å²) in [5.41, 5.74) is 1.48. The zero-order valence-electron chi connectivity index (χ0n) is 10.4. The molecule has 1 aromatic rings. The molecular weight excluding hydrogens is 268 g/mol. The van der Waals surface area contributed by atoms with E-state index in [1.54, 1.807) is 19.1 Å². The lowest BCUT2D eigenvalue weighted by atomic mass is 10.1. The predicted molar refractivity (Wildman–Crippen MR) is 78.2 cm³/mol. The highest BCUT2D eigenvalue weighted by molar-refractivity contribution is 8.13. The average Bonchev–Trinajstić information content (AvgIpc) is 2.30. The van der Waals surface area contributed by atoms with E-state index >= 15 is 0 Å². The molecule has 0 unspecified atom stereocenters. The van der Waals surface area contributed by atoms with Crippen LogP contribution in [0.1, 0.15) is 36.2 Å². The first-order chi connectivity index (χ1) is 8.50. The van der Waals surface area contributed by atoms with Gasteiger partial charge in [0, 0.05) is 18.2 Å². The molecule has 0 amide bonds. The number of thioether (sulfide) groups is 1. The second-order valence-electron chi connectivity index (χ2n) is 3.83. The van der Waals surface area contributed by atoms with Crippen LogP contribution in [0.2, 0.25) is 5.02 Å². The van der Waals surface area contributed by atoms with E-state index in [1.165, 1.54) is 18.7 Å². The van der Waals surface area contributed by atoms with Gasteiger partial charge in [0.25, 0.3) is 0 Å². The summed E-state index contributed by atoms with van der Waals surface area (Å²) in [7, 11) is 0. The number of allylic oxidation sites excluding steroid dienone is 1. The molecule has 0 heterocycles. The molecule has 18 heavy (non-hydrogen) atoms. The van der Waals surface area contributed by atoms with E-state index in [-0.39, 0.29) is 10.9 Å². The van der Waals surface area contributed by atoms with E-state index in [9.17, 15) is 9.59 Å². The monoisotopic (exact) mass is 282 g/mol.